The highest BCUT2D eigenvalue weighted by molar-refractivity contribution is 6.32. The fraction of sp³-hybridized carbons (Fsp3) is 0.474. The van der Waals surface area contributed by atoms with Gasteiger partial charge in [-0.15, -0.1) is 0 Å². The molecule has 0 heterocycles. The van der Waals surface area contributed by atoms with Crippen LogP contribution in [0.4, 0.5) is 0 Å². The van der Waals surface area contributed by atoms with Crippen LogP contribution in [0.3, 0.4) is 0 Å². The number of amides is 1. The lowest BCUT2D eigenvalue weighted by Crippen LogP contribution is -2.33. The Bertz CT molecular complexity index is 689. The molecular formula is C19H23ClN2O3. The highest BCUT2D eigenvalue weighted by Crippen LogP contribution is 2.37. The number of nitrogens with one attached hydrogen (secondary N) is 1. The zero-order valence-corrected chi connectivity index (χ0v) is 15.4. The molecule has 1 aromatic rings. The summed E-state index contributed by atoms with van der Waals surface area (Å²) in [5, 5.41) is 12.6. The second-order valence-corrected chi connectivity index (χ2v) is 6.41. The second kappa shape index (κ2) is 9.33. The lowest BCUT2D eigenvalue weighted by atomic mass is 10.1. The SMILES string of the molecule is CCCOc1c(Cl)cc(/C=C(\C#N)C(=O)NC2CCCC2)cc1OC. The van der Waals surface area contributed by atoms with E-state index in [9.17, 15) is 10.1 Å². The van der Waals surface area contributed by atoms with Crippen LogP contribution in [-0.4, -0.2) is 25.7 Å². The number of nitrogens with zero attached hydrogens (tertiary/aromatic N) is 1. The number of ether oxygens (including phenoxy) is 2. The molecule has 0 aromatic heterocycles. The maximum atomic E-state index is 12.3. The number of rotatable bonds is 7. The Labute approximate surface area is 153 Å². The zero-order chi connectivity index (χ0) is 18.2. The first kappa shape index (κ1) is 19.1. The molecule has 5 nitrogen and oxygen atoms in total. The van der Waals surface area contributed by atoms with Gasteiger partial charge in [0.1, 0.15) is 11.6 Å². The van der Waals surface area contributed by atoms with Crippen LogP contribution in [0.2, 0.25) is 5.02 Å². The number of nitriles is 1. The standard InChI is InChI=1S/C19H23ClN2O3/c1-3-8-25-18-16(20)10-13(11-17(18)24-2)9-14(12-21)19(23)22-15-6-4-5-7-15/h9-11,15H,3-8H2,1-2H3,(H,22,23)/b14-9+. The van der Waals surface area contributed by atoms with Gasteiger partial charge in [-0.25, -0.2) is 0 Å². The minimum absolute atomic E-state index is 0.0484. The van der Waals surface area contributed by atoms with Gasteiger partial charge in [-0.05, 0) is 43.0 Å². The quantitative estimate of drug-likeness (QED) is 0.585. The predicted molar refractivity (Wildman–Crippen MR) is 97.8 cm³/mol. The third-order valence-electron chi connectivity index (χ3n) is 4.07. The van der Waals surface area contributed by atoms with Crippen molar-refractivity contribution in [1.29, 1.82) is 5.26 Å². The second-order valence-electron chi connectivity index (χ2n) is 6.01. The van der Waals surface area contributed by atoms with Crippen LogP contribution >= 0.6 is 11.6 Å². The Morgan fingerprint density at radius 3 is 2.76 bits per heavy atom. The van der Waals surface area contributed by atoms with E-state index in [1.54, 1.807) is 12.1 Å². The molecule has 0 atom stereocenters. The van der Waals surface area contributed by atoms with E-state index in [0.717, 1.165) is 32.1 Å². The molecule has 1 aromatic carbocycles. The number of benzene rings is 1. The summed E-state index contributed by atoms with van der Waals surface area (Å²) >= 11 is 6.28. The Hall–Kier alpha value is -2.19. The molecule has 0 saturated heterocycles. The van der Waals surface area contributed by atoms with Crippen molar-refractivity contribution in [2.24, 2.45) is 0 Å². The zero-order valence-electron chi connectivity index (χ0n) is 14.6. The lowest BCUT2D eigenvalue weighted by molar-refractivity contribution is -0.117. The van der Waals surface area contributed by atoms with Crippen molar-refractivity contribution in [1.82, 2.24) is 5.32 Å². The number of carbonyl (C=O) groups is 1. The van der Waals surface area contributed by atoms with E-state index in [2.05, 4.69) is 5.32 Å². The molecule has 1 aliphatic rings. The summed E-state index contributed by atoms with van der Waals surface area (Å²) in [4.78, 5) is 12.3. The van der Waals surface area contributed by atoms with E-state index in [0.29, 0.717) is 28.7 Å². The summed E-state index contributed by atoms with van der Waals surface area (Å²) in [7, 11) is 1.52. The third kappa shape index (κ3) is 5.14. The molecule has 0 unspecified atom stereocenters. The Morgan fingerprint density at radius 1 is 1.44 bits per heavy atom. The first-order valence-corrected chi connectivity index (χ1v) is 8.89. The van der Waals surface area contributed by atoms with Gasteiger partial charge in [0, 0.05) is 6.04 Å². The van der Waals surface area contributed by atoms with Crippen LogP contribution in [0.15, 0.2) is 17.7 Å². The molecule has 25 heavy (non-hydrogen) atoms. The smallest absolute Gasteiger partial charge is 0.262 e. The predicted octanol–water partition coefficient (Wildman–Crippen LogP) is 4.10. The molecule has 134 valence electrons. The van der Waals surface area contributed by atoms with E-state index in [1.165, 1.54) is 13.2 Å². The monoisotopic (exact) mass is 362 g/mol. The van der Waals surface area contributed by atoms with Gasteiger partial charge in [0.25, 0.3) is 5.91 Å². The average Bonchev–Trinajstić information content (AvgIpc) is 3.11. The van der Waals surface area contributed by atoms with Gasteiger partial charge in [0.05, 0.1) is 18.7 Å². The van der Waals surface area contributed by atoms with Gasteiger partial charge in [0.2, 0.25) is 0 Å². The van der Waals surface area contributed by atoms with Crippen molar-refractivity contribution in [3.05, 3.63) is 28.3 Å². The van der Waals surface area contributed by atoms with Crippen LogP contribution in [0, 0.1) is 11.3 Å². The van der Waals surface area contributed by atoms with E-state index < -0.39 is 0 Å². The van der Waals surface area contributed by atoms with Gasteiger partial charge >= 0.3 is 0 Å². The first-order chi connectivity index (χ1) is 12.1. The fourth-order valence-corrected chi connectivity index (χ4v) is 3.09. The Balaban J connectivity index is 2.23. The summed E-state index contributed by atoms with van der Waals surface area (Å²) in [6.45, 7) is 2.53. The first-order valence-electron chi connectivity index (χ1n) is 8.52. The molecule has 0 spiro atoms. The fourth-order valence-electron chi connectivity index (χ4n) is 2.82. The molecule has 6 heteroatoms. The van der Waals surface area contributed by atoms with Crippen molar-refractivity contribution in [3.63, 3.8) is 0 Å². The maximum absolute atomic E-state index is 12.3. The lowest BCUT2D eigenvalue weighted by Gasteiger charge is -2.13. The summed E-state index contributed by atoms with van der Waals surface area (Å²) in [6.07, 6.45) is 6.52. The normalized spacial score (nSPS) is 14.9. The maximum Gasteiger partial charge on any atom is 0.262 e. The van der Waals surface area contributed by atoms with Crippen molar-refractivity contribution in [2.45, 2.75) is 45.1 Å². The number of carbonyl (C=O) groups excluding carboxylic acids is 1. The largest absolute Gasteiger partial charge is 0.493 e. The molecule has 1 aliphatic carbocycles. The molecule has 1 saturated carbocycles. The van der Waals surface area contributed by atoms with E-state index in [1.807, 2.05) is 13.0 Å². The van der Waals surface area contributed by atoms with Crippen molar-refractivity contribution in [2.75, 3.05) is 13.7 Å². The number of hydrogen-bond donors (Lipinski definition) is 1. The van der Waals surface area contributed by atoms with Crippen LogP contribution in [0.5, 0.6) is 11.5 Å². The van der Waals surface area contributed by atoms with E-state index >= 15 is 0 Å². The van der Waals surface area contributed by atoms with E-state index in [-0.39, 0.29) is 17.5 Å². The van der Waals surface area contributed by atoms with Crippen LogP contribution in [0.1, 0.15) is 44.6 Å². The van der Waals surface area contributed by atoms with Gasteiger partial charge in [-0.1, -0.05) is 31.4 Å². The van der Waals surface area contributed by atoms with E-state index in [4.69, 9.17) is 21.1 Å². The van der Waals surface area contributed by atoms with Crippen molar-refractivity contribution >= 4 is 23.6 Å². The number of hydrogen-bond acceptors (Lipinski definition) is 4. The highest BCUT2D eigenvalue weighted by Gasteiger charge is 2.19. The Kier molecular flexibility index (Phi) is 7.15. The van der Waals surface area contributed by atoms with Crippen LogP contribution < -0.4 is 14.8 Å². The summed E-state index contributed by atoms with van der Waals surface area (Å²) in [5.74, 6) is 0.591. The summed E-state index contributed by atoms with van der Waals surface area (Å²) in [6, 6.07) is 5.49. The van der Waals surface area contributed by atoms with Crippen molar-refractivity contribution < 1.29 is 14.3 Å². The molecule has 0 bridgehead atoms. The average molecular weight is 363 g/mol. The Morgan fingerprint density at radius 2 is 2.16 bits per heavy atom. The topological polar surface area (TPSA) is 71.3 Å². The minimum atomic E-state index is -0.351. The van der Waals surface area contributed by atoms with Gasteiger partial charge in [0.15, 0.2) is 11.5 Å². The van der Waals surface area contributed by atoms with Crippen molar-refractivity contribution in [3.8, 4) is 17.6 Å². The third-order valence-corrected chi connectivity index (χ3v) is 4.35. The van der Waals surface area contributed by atoms with Crippen LogP contribution in [0.25, 0.3) is 6.08 Å². The molecule has 1 fully saturated rings. The minimum Gasteiger partial charge on any atom is -0.493 e. The van der Waals surface area contributed by atoms with Gasteiger partial charge in [-0.3, -0.25) is 4.79 Å². The number of halogens is 1. The molecule has 0 radical (unpaired) electrons. The van der Waals surface area contributed by atoms with Gasteiger partial charge in [-0.2, -0.15) is 5.26 Å². The highest BCUT2D eigenvalue weighted by atomic mass is 35.5. The number of methoxy groups -OCH3 is 1. The molecule has 2 rings (SSSR count). The van der Waals surface area contributed by atoms with Gasteiger partial charge < -0.3 is 14.8 Å². The van der Waals surface area contributed by atoms with Crippen LogP contribution in [-0.2, 0) is 4.79 Å². The molecular weight excluding hydrogens is 340 g/mol. The summed E-state index contributed by atoms with van der Waals surface area (Å²) in [5.41, 5.74) is 0.663. The molecule has 1 N–H and O–H groups in total. The molecule has 1 amide bonds. The summed E-state index contributed by atoms with van der Waals surface area (Å²) < 4.78 is 10.9. The molecule has 0 aliphatic heterocycles.